The molecular weight excluding hydrogens is 360 g/mol. The molecule has 0 atom stereocenters. The van der Waals surface area contributed by atoms with Crippen LogP contribution in [0.25, 0.3) is 5.78 Å². The molecule has 1 N–H and O–H groups in total. The molecule has 3 rings (SSSR count). The van der Waals surface area contributed by atoms with Crippen molar-refractivity contribution in [1.82, 2.24) is 19.6 Å². The number of amides is 1. The standard InChI is InChI=1S/C19H24N6OS/c1-5-24(6-2)16-9-7-15(8-10-16)21-17(26)12-27-19-22-18-20-13(3)11-14(4)25(18)23-19/h7-11H,5-6,12H2,1-4H3,(H,21,26). The predicted octanol–water partition coefficient (Wildman–Crippen LogP) is 3.32. The molecule has 0 bridgehead atoms. The van der Waals surface area contributed by atoms with Crippen LogP contribution in [0.5, 0.6) is 0 Å². The molecule has 142 valence electrons. The Kier molecular flexibility index (Phi) is 5.95. The highest BCUT2D eigenvalue weighted by atomic mass is 32.2. The van der Waals surface area contributed by atoms with E-state index in [1.807, 2.05) is 44.2 Å². The number of nitrogens with one attached hydrogen (secondary N) is 1. The second-order valence-electron chi connectivity index (χ2n) is 6.20. The second-order valence-corrected chi connectivity index (χ2v) is 7.14. The van der Waals surface area contributed by atoms with Gasteiger partial charge in [0.05, 0.1) is 5.75 Å². The van der Waals surface area contributed by atoms with E-state index in [1.165, 1.54) is 11.8 Å². The van der Waals surface area contributed by atoms with Gasteiger partial charge >= 0.3 is 0 Å². The van der Waals surface area contributed by atoms with Crippen molar-refractivity contribution < 1.29 is 4.79 Å². The van der Waals surface area contributed by atoms with Crippen LogP contribution < -0.4 is 10.2 Å². The van der Waals surface area contributed by atoms with E-state index in [0.717, 1.165) is 35.9 Å². The van der Waals surface area contributed by atoms with Crippen LogP contribution in [0.1, 0.15) is 25.2 Å². The van der Waals surface area contributed by atoms with Crippen molar-refractivity contribution in [3.8, 4) is 0 Å². The number of nitrogens with zero attached hydrogens (tertiary/aromatic N) is 5. The predicted molar refractivity (Wildman–Crippen MR) is 110 cm³/mol. The Morgan fingerprint density at radius 1 is 1.15 bits per heavy atom. The van der Waals surface area contributed by atoms with Crippen LogP contribution >= 0.6 is 11.8 Å². The summed E-state index contributed by atoms with van der Waals surface area (Å²) < 4.78 is 1.69. The fourth-order valence-corrected chi connectivity index (χ4v) is 3.50. The molecule has 0 saturated heterocycles. The summed E-state index contributed by atoms with van der Waals surface area (Å²) in [4.78, 5) is 23.2. The number of aromatic nitrogens is 4. The third-order valence-corrected chi connectivity index (χ3v) is 5.05. The Balaban J connectivity index is 1.59. The van der Waals surface area contributed by atoms with Crippen molar-refractivity contribution >= 4 is 34.8 Å². The molecule has 0 radical (unpaired) electrons. The Hall–Kier alpha value is -2.61. The summed E-state index contributed by atoms with van der Waals surface area (Å²) in [6.45, 7) is 10.1. The number of rotatable bonds is 7. The quantitative estimate of drug-likeness (QED) is 0.630. The van der Waals surface area contributed by atoms with Gasteiger partial charge in [0.15, 0.2) is 0 Å². The topological polar surface area (TPSA) is 75.4 Å². The molecule has 1 amide bonds. The summed E-state index contributed by atoms with van der Waals surface area (Å²) in [6.07, 6.45) is 0. The zero-order valence-corrected chi connectivity index (χ0v) is 16.9. The van der Waals surface area contributed by atoms with Crippen molar-refractivity contribution in [2.45, 2.75) is 32.9 Å². The van der Waals surface area contributed by atoms with Crippen molar-refractivity contribution in [3.05, 3.63) is 41.7 Å². The van der Waals surface area contributed by atoms with Crippen LogP contribution in [0.4, 0.5) is 11.4 Å². The number of carbonyl (C=O) groups is 1. The second kappa shape index (κ2) is 8.39. The van der Waals surface area contributed by atoms with Gasteiger partial charge in [0.1, 0.15) is 0 Å². The van der Waals surface area contributed by atoms with Gasteiger partial charge in [-0.1, -0.05) is 11.8 Å². The third kappa shape index (κ3) is 4.57. The molecular formula is C19H24N6OS. The molecule has 2 heterocycles. The van der Waals surface area contributed by atoms with E-state index in [1.54, 1.807) is 4.52 Å². The molecule has 27 heavy (non-hydrogen) atoms. The lowest BCUT2D eigenvalue weighted by molar-refractivity contribution is -0.113. The third-order valence-electron chi connectivity index (χ3n) is 4.21. The maximum absolute atomic E-state index is 12.2. The molecule has 0 saturated carbocycles. The summed E-state index contributed by atoms with van der Waals surface area (Å²) >= 11 is 1.30. The van der Waals surface area contributed by atoms with Gasteiger partial charge in [0.25, 0.3) is 5.78 Å². The zero-order chi connectivity index (χ0) is 19.4. The largest absolute Gasteiger partial charge is 0.372 e. The number of fused-ring (bicyclic) bond motifs is 1. The number of aryl methyl sites for hydroxylation is 2. The highest BCUT2D eigenvalue weighted by Gasteiger charge is 2.11. The van der Waals surface area contributed by atoms with Crippen LogP contribution in [0.15, 0.2) is 35.5 Å². The van der Waals surface area contributed by atoms with E-state index in [-0.39, 0.29) is 11.7 Å². The van der Waals surface area contributed by atoms with Crippen LogP contribution in [0.3, 0.4) is 0 Å². The molecule has 1 aromatic carbocycles. The average molecular weight is 385 g/mol. The Morgan fingerprint density at radius 2 is 1.85 bits per heavy atom. The Morgan fingerprint density at radius 3 is 2.52 bits per heavy atom. The lowest BCUT2D eigenvalue weighted by atomic mass is 10.2. The molecule has 0 aliphatic rings. The maximum atomic E-state index is 12.2. The number of hydrogen-bond donors (Lipinski definition) is 1. The van der Waals surface area contributed by atoms with Crippen LogP contribution in [0.2, 0.25) is 0 Å². The van der Waals surface area contributed by atoms with Crippen molar-refractivity contribution in [1.29, 1.82) is 0 Å². The van der Waals surface area contributed by atoms with Gasteiger partial charge in [-0.05, 0) is 58.0 Å². The van der Waals surface area contributed by atoms with Crippen LogP contribution in [0, 0.1) is 13.8 Å². The average Bonchev–Trinajstić information content (AvgIpc) is 3.06. The Bertz CT molecular complexity index is 933. The Labute approximate surface area is 163 Å². The summed E-state index contributed by atoms with van der Waals surface area (Å²) in [5, 5.41) is 7.86. The monoisotopic (exact) mass is 384 g/mol. The first-order valence-corrected chi connectivity index (χ1v) is 9.97. The van der Waals surface area contributed by atoms with Crippen LogP contribution in [-0.4, -0.2) is 44.3 Å². The van der Waals surface area contributed by atoms with Crippen molar-refractivity contribution in [3.63, 3.8) is 0 Å². The summed E-state index contributed by atoms with van der Waals surface area (Å²) in [5.41, 5.74) is 3.80. The smallest absolute Gasteiger partial charge is 0.253 e. The number of thioether (sulfide) groups is 1. The van der Waals surface area contributed by atoms with E-state index in [9.17, 15) is 4.79 Å². The maximum Gasteiger partial charge on any atom is 0.253 e. The van der Waals surface area contributed by atoms with Gasteiger partial charge in [-0.25, -0.2) is 9.50 Å². The van der Waals surface area contributed by atoms with Crippen molar-refractivity contribution in [2.75, 3.05) is 29.1 Å². The van der Waals surface area contributed by atoms with Gasteiger partial charge in [-0.3, -0.25) is 4.79 Å². The fraction of sp³-hybridized carbons (Fsp3) is 0.368. The lowest BCUT2D eigenvalue weighted by Crippen LogP contribution is -2.21. The van der Waals surface area contributed by atoms with E-state index >= 15 is 0 Å². The summed E-state index contributed by atoms with van der Waals surface area (Å²) in [5.74, 6) is 0.713. The minimum atomic E-state index is -0.0877. The molecule has 3 aromatic rings. The molecule has 0 aliphatic carbocycles. The van der Waals surface area contributed by atoms with E-state index in [4.69, 9.17) is 0 Å². The SMILES string of the molecule is CCN(CC)c1ccc(NC(=O)CSc2nc3nc(C)cc(C)n3n2)cc1. The summed E-state index contributed by atoms with van der Waals surface area (Å²) in [6, 6.07) is 9.85. The molecule has 0 unspecified atom stereocenters. The number of hydrogen-bond acceptors (Lipinski definition) is 6. The number of carbonyl (C=O) groups excluding carboxylic acids is 1. The first-order valence-electron chi connectivity index (χ1n) is 8.98. The molecule has 0 fully saturated rings. The van der Waals surface area contributed by atoms with Crippen molar-refractivity contribution in [2.24, 2.45) is 0 Å². The van der Waals surface area contributed by atoms with E-state index in [0.29, 0.717) is 10.9 Å². The van der Waals surface area contributed by atoms with E-state index < -0.39 is 0 Å². The minimum absolute atomic E-state index is 0.0877. The molecule has 0 aliphatic heterocycles. The highest BCUT2D eigenvalue weighted by molar-refractivity contribution is 7.99. The van der Waals surface area contributed by atoms with Gasteiger partial charge < -0.3 is 10.2 Å². The first-order chi connectivity index (χ1) is 13.0. The fourth-order valence-electron chi connectivity index (χ4n) is 2.88. The lowest BCUT2D eigenvalue weighted by Gasteiger charge is -2.21. The van der Waals surface area contributed by atoms with Gasteiger partial charge in [0, 0.05) is 35.9 Å². The number of anilines is 2. The highest BCUT2D eigenvalue weighted by Crippen LogP contribution is 2.19. The van der Waals surface area contributed by atoms with Gasteiger partial charge in [-0.15, -0.1) is 5.10 Å². The van der Waals surface area contributed by atoms with Gasteiger partial charge in [0.2, 0.25) is 11.1 Å². The summed E-state index contributed by atoms with van der Waals surface area (Å²) in [7, 11) is 0. The zero-order valence-electron chi connectivity index (χ0n) is 16.1. The van der Waals surface area contributed by atoms with Crippen LogP contribution in [-0.2, 0) is 4.79 Å². The molecule has 0 spiro atoms. The molecule has 8 heteroatoms. The minimum Gasteiger partial charge on any atom is -0.372 e. The molecule has 7 nitrogen and oxygen atoms in total. The molecule has 2 aromatic heterocycles. The normalized spacial score (nSPS) is 11.0. The number of benzene rings is 1. The van der Waals surface area contributed by atoms with Gasteiger partial charge in [-0.2, -0.15) is 4.98 Å². The van der Waals surface area contributed by atoms with E-state index in [2.05, 4.69) is 39.1 Å². The first kappa shape index (κ1) is 19.2.